The Kier molecular flexibility index (Phi) is 22.6. The van der Waals surface area contributed by atoms with E-state index in [-0.39, 0.29) is 72.0 Å². The molecule has 12 unspecified atom stereocenters. The summed E-state index contributed by atoms with van der Waals surface area (Å²) in [5, 5.41) is 14.2. The molecule has 4 saturated carbocycles. The van der Waals surface area contributed by atoms with Gasteiger partial charge in [-0.15, -0.1) is 0 Å². The first-order valence-corrected chi connectivity index (χ1v) is 41.0. The van der Waals surface area contributed by atoms with Crippen LogP contribution in [0.5, 0.6) is 0 Å². The van der Waals surface area contributed by atoms with Crippen LogP contribution in [-0.4, -0.2) is 193 Å². The second-order valence-electron chi connectivity index (χ2n) is 32.8. The van der Waals surface area contributed by atoms with E-state index in [2.05, 4.69) is 108 Å². The fourth-order valence-electron chi connectivity index (χ4n) is 18.5. The molecule has 27 nitrogen and oxygen atoms in total. The molecule has 8 aliphatic rings. The van der Waals surface area contributed by atoms with Gasteiger partial charge in [-0.2, -0.15) is 0 Å². The predicted octanol–water partition coefficient (Wildman–Crippen LogP) is 13.4. The molecule has 119 heavy (non-hydrogen) atoms. The number of fused-ring (bicyclic) bond motifs is 8. The molecule has 11 aromatic heterocycles. The van der Waals surface area contributed by atoms with Gasteiger partial charge in [0.2, 0.25) is 0 Å². The quantitative estimate of drug-likeness (QED) is 0.0698. The molecular formula is C92H95N23O4. The molecule has 15 heterocycles. The van der Waals surface area contributed by atoms with Gasteiger partial charge in [-0.05, 0) is 236 Å². The highest BCUT2D eigenvalue weighted by atomic mass is 16.2. The monoisotopic (exact) mass is 1590 g/mol. The van der Waals surface area contributed by atoms with Crippen LogP contribution >= 0.6 is 0 Å². The van der Waals surface area contributed by atoms with Crippen molar-refractivity contribution in [1.29, 1.82) is 0 Å². The zero-order valence-corrected chi connectivity index (χ0v) is 67.7. The smallest absolute Gasteiger partial charge is 0.273 e. The van der Waals surface area contributed by atoms with Crippen molar-refractivity contribution < 1.29 is 19.2 Å². The van der Waals surface area contributed by atoms with E-state index < -0.39 is 0 Å². The number of nitrogens with zero attached hydrogens (tertiary/aromatic N) is 19. The van der Waals surface area contributed by atoms with E-state index in [1.807, 2.05) is 178 Å². The van der Waals surface area contributed by atoms with Crippen molar-refractivity contribution >= 4 is 46.9 Å². The van der Waals surface area contributed by atoms with Gasteiger partial charge in [0.15, 0.2) is 23.3 Å². The number of amides is 4. The van der Waals surface area contributed by atoms with E-state index >= 15 is 0 Å². The summed E-state index contributed by atoms with van der Waals surface area (Å²) >= 11 is 0. The average Bonchev–Trinajstić information content (AvgIpc) is 1.64. The molecule has 8 bridgehead atoms. The Morgan fingerprint density at radius 3 is 1.04 bits per heavy atom. The van der Waals surface area contributed by atoms with E-state index in [1.165, 1.54) is 0 Å². The molecule has 0 radical (unpaired) electrons. The number of aryl methyl sites for hydroxylation is 7. The third kappa shape index (κ3) is 17.3. The van der Waals surface area contributed by atoms with E-state index in [1.54, 1.807) is 86.2 Å². The summed E-state index contributed by atoms with van der Waals surface area (Å²) in [7, 11) is 0. The number of hydrogen-bond donors (Lipinski definition) is 4. The van der Waals surface area contributed by atoms with Gasteiger partial charge >= 0.3 is 0 Å². The van der Waals surface area contributed by atoms with Crippen LogP contribution in [0.15, 0.2) is 208 Å². The Morgan fingerprint density at radius 1 is 0.294 bits per heavy atom. The van der Waals surface area contributed by atoms with Gasteiger partial charge in [-0.1, -0.05) is 42.5 Å². The Bertz CT molecular complexity index is 5440. The highest BCUT2D eigenvalue weighted by molar-refractivity contribution is 6.02. The van der Waals surface area contributed by atoms with E-state index in [4.69, 9.17) is 0 Å². The molecule has 8 fully saturated rings. The summed E-state index contributed by atoms with van der Waals surface area (Å²) in [5.74, 6) is 7.59. The molecule has 12 atom stereocenters. The fraction of sp³-hybridized carbons (Fsp3) is 0.337. The number of hydrogen-bond acceptors (Lipinski definition) is 23. The number of carbonyl (C=O) groups excluding carboxylic acids is 4. The van der Waals surface area contributed by atoms with E-state index in [0.29, 0.717) is 86.3 Å². The standard InChI is InChI=1S/3C23H24N6O.C23H23N5O/c1-14-4-7-20(26-12-14)28-18-10-16-11-19(18)29(13-16)23(30)21-17(6-5-15(2)27-21)22-24-8-3-9-25-22;1-14-4-5-20(26-11-14)28-18-9-16-10-19(18)29(13-16)23(30)17-8-15(2)12-27-21(17)22-24-6-3-7-25-22;1-14-4-5-20(26-11-14)28-18-9-16-10-19(18)29(13-16)23(30)21-17(8-15(2)12-27-21)22-24-6-3-7-25-22;1-15-7-8-21(26-13-15)27-19-11-16-12-20(19)28(14-16)23(29)18-6-3-2-5-17(18)22-24-9-4-10-25-22/h3-9,12,16,18-19H,10-11,13H2,1-2H3,(H,26,28);2*3-8,11-12,16,18-19H,9-10,13H2,1-2H3,(H,26,28);2-10,13,16,19-20H,11-12,14H2,1H3,(H,26,27). The van der Waals surface area contributed by atoms with Crippen molar-refractivity contribution in [2.24, 2.45) is 23.7 Å². The minimum Gasteiger partial charge on any atom is -0.365 e. The number of piperidine rings is 4. The minimum atomic E-state index is -0.0479. The lowest BCUT2D eigenvalue weighted by molar-refractivity contribution is 0.0679. The van der Waals surface area contributed by atoms with Crippen molar-refractivity contribution in [1.82, 2.24) is 94.4 Å². The predicted molar refractivity (Wildman–Crippen MR) is 453 cm³/mol. The average molecular weight is 1590 g/mol. The van der Waals surface area contributed by atoms with Crippen molar-refractivity contribution in [2.75, 3.05) is 47.4 Å². The number of benzene rings is 1. The van der Waals surface area contributed by atoms with Crippen LogP contribution in [0.3, 0.4) is 0 Å². The molecule has 4 aliphatic heterocycles. The van der Waals surface area contributed by atoms with Crippen molar-refractivity contribution in [3.8, 4) is 45.7 Å². The first-order chi connectivity index (χ1) is 57.9. The van der Waals surface area contributed by atoms with Crippen molar-refractivity contribution in [3.63, 3.8) is 0 Å². The lowest BCUT2D eigenvalue weighted by atomic mass is 10.0. The van der Waals surface area contributed by atoms with Crippen LogP contribution < -0.4 is 21.3 Å². The summed E-state index contributed by atoms with van der Waals surface area (Å²) in [6.07, 6.45) is 32.8. The third-order valence-electron chi connectivity index (χ3n) is 24.0. The topological polar surface area (TPSA) is 323 Å². The van der Waals surface area contributed by atoms with Gasteiger partial charge in [0.25, 0.3) is 23.6 Å². The lowest BCUT2D eigenvalue weighted by Crippen LogP contribution is -2.48. The number of anilines is 4. The minimum absolute atomic E-state index is 0.00418. The molecule has 4 saturated heterocycles. The SMILES string of the molecule is Cc1ccc(NC2CC3CC2N(C(=O)c2cc(C)cnc2-c2ncccn2)C3)nc1.Cc1ccc(NC2CC3CC2N(C(=O)c2ccccc2-c2ncccn2)C3)nc1.Cc1ccc(NC2CC3CC2N(C(=O)c2nc(C)ccc2-c2ncccn2)C3)nc1.Cc1ccc(NC2CC3CC2N(C(=O)c2ncc(C)cc2-c2ncccn2)C3)nc1. The zero-order valence-electron chi connectivity index (χ0n) is 67.7. The second-order valence-corrected chi connectivity index (χ2v) is 32.8. The van der Waals surface area contributed by atoms with Gasteiger partial charge < -0.3 is 40.9 Å². The van der Waals surface area contributed by atoms with Gasteiger partial charge in [0.05, 0.1) is 46.4 Å². The Labute approximate surface area is 691 Å². The van der Waals surface area contributed by atoms with E-state index in [0.717, 1.165) is 145 Å². The van der Waals surface area contributed by atoms with Crippen LogP contribution in [0.1, 0.15) is 132 Å². The lowest BCUT2D eigenvalue weighted by Gasteiger charge is -2.34. The summed E-state index contributed by atoms with van der Waals surface area (Å²) in [6, 6.07) is 40.0. The van der Waals surface area contributed by atoms with Crippen LogP contribution in [-0.2, 0) is 0 Å². The Morgan fingerprint density at radius 2 is 0.639 bits per heavy atom. The maximum absolute atomic E-state index is 13.6. The zero-order chi connectivity index (χ0) is 81.8. The molecule has 0 spiro atoms. The molecule has 12 aromatic rings. The number of likely N-dealkylation sites (tertiary alicyclic amines) is 4. The molecule has 20 rings (SSSR count). The molecule has 1 aromatic carbocycles. The van der Waals surface area contributed by atoms with Crippen LogP contribution in [0.25, 0.3) is 45.7 Å². The normalized spacial score (nSPS) is 22.4. The molecule has 4 amide bonds. The Hall–Kier alpha value is -13.3. The molecular weight excluding hydrogens is 1490 g/mol. The number of carbonyl (C=O) groups is 4. The van der Waals surface area contributed by atoms with Crippen LogP contribution in [0.4, 0.5) is 23.3 Å². The first-order valence-electron chi connectivity index (χ1n) is 41.0. The summed E-state index contributed by atoms with van der Waals surface area (Å²) in [4.78, 5) is 128. The maximum Gasteiger partial charge on any atom is 0.273 e. The van der Waals surface area contributed by atoms with Gasteiger partial charge in [-0.3, -0.25) is 29.1 Å². The maximum atomic E-state index is 13.6. The van der Waals surface area contributed by atoms with Crippen molar-refractivity contribution in [2.45, 2.75) is 148 Å². The molecule has 602 valence electrons. The van der Waals surface area contributed by atoms with Gasteiger partial charge in [0, 0.05) is 148 Å². The highest BCUT2D eigenvalue weighted by Crippen LogP contribution is 2.45. The highest BCUT2D eigenvalue weighted by Gasteiger charge is 2.52. The first kappa shape index (κ1) is 78.2. The van der Waals surface area contributed by atoms with E-state index in [9.17, 15) is 19.2 Å². The second kappa shape index (κ2) is 34.5. The number of aromatic nitrogens is 15. The van der Waals surface area contributed by atoms with Crippen LogP contribution in [0.2, 0.25) is 0 Å². The summed E-state index contributed by atoms with van der Waals surface area (Å²) in [6.45, 7) is 17.1. The van der Waals surface area contributed by atoms with Crippen LogP contribution in [0, 0.1) is 72.1 Å². The Balaban J connectivity index is 0.000000113. The molecule has 4 aliphatic carbocycles. The molecule has 4 N–H and O–H groups in total. The third-order valence-corrected chi connectivity index (χ3v) is 24.0. The summed E-state index contributed by atoms with van der Waals surface area (Å²) < 4.78 is 0. The largest absolute Gasteiger partial charge is 0.365 e. The number of nitrogens with one attached hydrogen (secondary N) is 4. The number of rotatable bonds is 16. The fourth-order valence-corrected chi connectivity index (χ4v) is 18.5. The van der Waals surface area contributed by atoms with Gasteiger partial charge in [0.1, 0.15) is 40.4 Å². The molecule has 27 heteroatoms. The van der Waals surface area contributed by atoms with Gasteiger partial charge in [-0.25, -0.2) is 64.8 Å². The summed E-state index contributed by atoms with van der Waals surface area (Å²) in [5.41, 5.74) is 12.0. The number of pyridine rings is 7. The van der Waals surface area contributed by atoms with Crippen molar-refractivity contribution in [3.05, 3.63) is 270 Å².